The lowest BCUT2D eigenvalue weighted by atomic mass is 9.91. The van der Waals surface area contributed by atoms with Gasteiger partial charge >= 0.3 is 6.18 Å². The highest BCUT2D eigenvalue weighted by atomic mass is 19.4. The number of alkyl halides is 3. The van der Waals surface area contributed by atoms with E-state index in [9.17, 15) is 13.2 Å². The normalized spacial score (nSPS) is 25.7. The molecule has 3 nitrogen and oxygen atoms in total. The molecule has 1 aliphatic rings. The van der Waals surface area contributed by atoms with Crippen molar-refractivity contribution >= 4 is 0 Å². The molecule has 0 amide bonds. The molecule has 1 aliphatic heterocycles. The topological polar surface area (TPSA) is 35.5 Å². The zero-order valence-corrected chi connectivity index (χ0v) is 11.5. The van der Waals surface area contributed by atoms with Crippen LogP contribution in [0.15, 0.2) is 0 Å². The number of nitrogens with one attached hydrogen (secondary N) is 1. The van der Waals surface area contributed by atoms with Crippen LogP contribution in [0.1, 0.15) is 32.6 Å². The maximum Gasteiger partial charge on any atom is 0.401 e. The van der Waals surface area contributed by atoms with Crippen LogP contribution >= 0.6 is 0 Å². The Morgan fingerprint density at radius 1 is 1.32 bits per heavy atom. The molecule has 114 valence electrons. The summed E-state index contributed by atoms with van der Waals surface area (Å²) >= 11 is 0. The van der Waals surface area contributed by atoms with Crippen molar-refractivity contribution in [2.45, 2.75) is 44.8 Å². The fraction of sp³-hybridized carbons (Fsp3) is 1.00. The van der Waals surface area contributed by atoms with Gasteiger partial charge in [-0.2, -0.15) is 13.2 Å². The van der Waals surface area contributed by atoms with Crippen LogP contribution in [0.25, 0.3) is 0 Å². The zero-order valence-electron chi connectivity index (χ0n) is 11.5. The lowest BCUT2D eigenvalue weighted by Gasteiger charge is -2.38. The molecule has 0 aromatic heterocycles. The van der Waals surface area contributed by atoms with Crippen LogP contribution in [-0.4, -0.2) is 55.0 Å². The van der Waals surface area contributed by atoms with Crippen molar-refractivity contribution in [2.75, 3.05) is 32.8 Å². The van der Waals surface area contributed by atoms with Crippen LogP contribution in [0.5, 0.6) is 0 Å². The van der Waals surface area contributed by atoms with Crippen LogP contribution in [0.2, 0.25) is 0 Å². The van der Waals surface area contributed by atoms with Gasteiger partial charge in [0, 0.05) is 25.7 Å². The number of aliphatic hydroxyl groups is 1. The third-order valence-electron chi connectivity index (χ3n) is 3.57. The molecule has 2 unspecified atom stereocenters. The number of rotatable bonds is 7. The fourth-order valence-electron chi connectivity index (χ4n) is 2.67. The Kier molecular flexibility index (Phi) is 7.10. The van der Waals surface area contributed by atoms with Gasteiger partial charge < -0.3 is 15.3 Å². The first-order chi connectivity index (χ1) is 8.94. The van der Waals surface area contributed by atoms with Gasteiger partial charge in [-0.05, 0) is 31.7 Å². The van der Waals surface area contributed by atoms with E-state index in [1.807, 2.05) is 0 Å². The molecule has 2 atom stereocenters. The van der Waals surface area contributed by atoms with E-state index in [1.54, 1.807) is 0 Å². The first kappa shape index (κ1) is 16.7. The highest BCUT2D eigenvalue weighted by Gasteiger charge is 2.31. The molecule has 1 heterocycles. The van der Waals surface area contributed by atoms with E-state index in [0.29, 0.717) is 18.9 Å². The van der Waals surface area contributed by atoms with Gasteiger partial charge in [-0.15, -0.1) is 0 Å². The minimum Gasteiger partial charge on any atom is -0.396 e. The van der Waals surface area contributed by atoms with E-state index in [-0.39, 0.29) is 12.6 Å². The summed E-state index contributed by atoms with van der Waals surface area (Å²) in [5.74, 6) is 0.293. The number of hydrogen-bond acceptors (Lipinski definition) is 3. The van der Waals surface area contributed by atoms with E-state index >= 15 is 0 Å². The second kappa shape index (κ2) is 8.07. The number of likely N-dealkylation sites (tertiary alicyclic amines) is 1. The van der Waals surface area contributed by atoms with Gasteiger partial charge in [0.15, 0.2) is 0 Å². The fourth-order valence-corrected chi connectivity index (χ4v) is 2.67. The van der Waals surface area contributed by atoms with Crippen LogP contribution in [0, 0.1) is 5.92 Å². The average Bonchev–Trinajstić information content (AvgIpc) is 2.33. The zero-order chi connectivity index (χ0) is 14.3. The first-order valence-corrected chi connectivity index (χ1v) is 7.08. The molecule has 0 saturated carbocycles. The average molecular weight is 282 g/mol. The second-order valence-electron chi connectivity index (χ2n) is 5.42. The largest absolute Gasteiger partial charge is 0.401 e. The Labute approximate surface area is 113 Å². The third-order valence-corrected chi connectivity index (χ3v) is 3.57. The van der Waals surface area contributed by atoms with Crippen molar-refractivity contribution in [3.8, 4) is 0 Å². The number of hydrogen-bond donors (Lipinski definition) is 2. The van der Waals surface area contributed by atoms with Crippen molar-refractivity contribution in [1.82, 2.24) is 10.2 Å². The van der Waals surface area contributed by atoms with E-state index in [1.165, 1.54) is 0 Å². The monoisotopic (exact) mass is 282 g/mol. The quantitative estimate of drug-likeness (QED) is 0.750. The van der Waals surface area contributed by atoms with Crippen molar-refractivity contribution in [1.29, 1.82) is 0 Å². The van der Waals surface area contributed by atoms with E-state index < -0.39 is 12.7 Å². The molecule has 0 aromatic carbocycles. The second-order valence-corrected chi connectivity index (χ2v) is 5.42. The molecule has 0 bridgehead atoms. The molecule has 2 N–H and O–H groups in total. The summed E-state index contributed by atoms with van der Waals surface area (Å²) in [7, 11) is 0. The summed E-state index contributed by atoms with van der Waals surface area (Å²) in [6.45, 7) is 3.79. The van der Waals surface area contributed by atoms with Crippen LogP contribution in [0.3, 0.4) is 0 Å². The SMILES string of the molecule is CCCCN1CC(CCO)CC(NCC(F)(F)F)C1. The Balaban J connectivity index is 2.44. The minimum atomic E-state index is -4.15. The molecule has 0 spiro atoms. The predicted molar refractivity (Wildman–Crippen MR) is 69.0 cm³/mol. The van der Waals surface area contributed by atoms with Crippen LogP contribution in [0.4, 0.5) is 13.2 Å². The molecule has 1 fully saturated rings. The third kappa shape index (κ3) is 7.13. The minimum absolute atomic E-state index is 0.109. The summed E-state index contributed by atoms with van der Waals surface area (Å²) in [5, 5.41) is 11.6. The molecule has 1 saturated heterocycles. The van der Waals surface area contributed by atoms with Crippen LogP contribution in [-0.2, 0) is 0 Å². The lowest BCUT2D eigenvalue weighted by molar-refractivity contribution is -0.127. The number of halogens is 3. The molecule has 0 radical (unpaired) electrons. The van der Waals surface area contributed by atoms with Gasteiger partial charge in [0.05, 0.1) is 6.54 Å². The molecular formula is C13H25F3N2O. The lowest BCUT2D eigenvalue weighted by Crippen LogP contribution is -2.51. The number of unbranched alkanes of at least 4 members (excludes halogenated alkanes) is 1. The summed E-state index contributed by atoms with van der Waals surface area (Å²) in [5.41, 5.74) is 0. The van der Waals surface area contributed by atoms with E-state index in [0.717, 1.165) is 32.4 Å². The van der Waals surface area contributed by atoms with Gasteiger partial charge in [0.2, 0.25) is 0 Å². The maximum absolute atomic E-state index is 12.2. The standard InChI is InChI=1S/C13H25F3N2O/c1-2-3-5-18-8-11(4-6-19)7-12(9-18)17-10-13(14,15)16/h11-12,17,19H,2-10H2,1H3. The molecule has 19 heavy (non-hydrogen) atoms. The van der Waals surface area contributed by atoms with Gasteiger partial charge in [-0.1, -0.05) is 13.3 Å². The number of piperidine rings is 1. The summed E-state index contributed by atoms with van der Waals surface area (Å²) < 4.78 is 36.7. The molecular weight excluding hydrogens is 257 g/mol. The molecule has 1 rings (SSSR count). The molecule has 6 heteroatoms. The summed E-state index contributed by atoms with van der Waals surface area (Å²) in [6.07, 6.45) is -0.607. The Morgan fingerprint density at radius 2 is 2.05 bits per heavy atom. The van der Waals surface area contributed by atoms with Gasteiger partial charge in [-0.3, -0.25) is 0 Å². The Hall–Kier alpha value is -0.330. The predicted octanol–water partition coefficient (Wildman–Crippen LogP) is 2.01. The first-order valence-electron chi connectivity index (χ1n) is 7.08. The summed E-state index contributed by atoms with van der Waals surface area (Å²) in [4.78, 5) is 2.22. The molecule has 0 aromatic rings. The highest BCUT2D eigenvalue weighted by Crippen LogP contribution is 2.21. The Bertz CT molecular complexity index is 249. The van der Waals surface area contributed by atoms with E-state index in [2.05, 4.69) is 17.1 Å². The van der Waals surface area contributed by atoms with Gasteiger partial charge in [-0.25, -0.2) is 0 Å². The Morgan fingerprint density at radius 3 is 2.63 bits per heavy atom. The van der Waals surface area contributed by atoms with Gasteiger partial charge in [0.1, 0.15) is 0 Å². The van der Waals surface area contributed by atoms with Crippen molar-refractivity contribution in [3.63, 3.8) is 0 Å². The summed E-state index contributed by atoms with van der Waals surface area (Å²) in [6, 6.07) is -0.121. The maximum atomic E-state index is 12.2. The van der Waals surface area contributed by atoms with Crippen molar-refractivity contribution < 1.29 is 18.3 Å². The van der Waals surface area contributed by atoms with Crippen molar-refractivity contribution in [3.05, 3.63) is 0 Å². The van der Waals surface area contributed by atoms with Gasteiger partial charge in [0.25, 0.3) is 0 Å². The highest BCUT2D eigenvalue weighted by molar-refractivity contribution is 4.84. The van der Waals surface area contributed by atoms with Crippen molar-refractivity contribution in [2.24, 2.45) is 5.92 Å². The molecule has 0 aliphatic carbocycles. The smallest absolute Gasteiger partial charge is 0.396 e. The van der Waals surface area contributed by atoms with E-state index in [4.69, 9.17) is 5.11 Å². The number of nitrogens with zero attached hydrogens (tertiary/aromatic N) is 1. The van der Waals surface area contributed by atoms with Crippen LogP contribution < -0.4 is 5.32 Å². The number of aliphatic hydroxyl groups excluding tert-OH is 1.